The fourth-order valence-corrected chi connectivity index (χ4v) is 12.6. The van der Waals surface area contributed by atoms with E-state index in [1.165, 1.54) is 109 Å². The van der Waals surface area contributed by atoms with E-state index in [0.29, 0.717) is 0 Å². The summed E-state index contributed by atoms with van der Waals surface area (Å²) in [6.07, 6.45) is 0. The molecule has 2 aliphatic heterocycles. The standard InChI is InChI=1S/C55H39BN2OS/c1-54(2,3)30-18-20-31(21-19-30)58-44-27-38-32-12-7-10-16-46(32)59-47(38)28-37(44)34-22-23-36-51-43(25-24-41-50(51)35-14-6-9-15-40(35)55(41,4)5)57-45-29-49-39(33-13-8-11-17-48(33)60-49)26-42(45)56(58)52(34)53(36)57/h6-29H,1-5H3. The maximum atomic E-state index is 6.64. The van der Waals surface area contributed by atoms with Gasteiger partial charge in [0.15, 0.2) is 0 Å². The first-order chi connectivity index (χ1) is 29.1. The zero-order valence-electron chi connectivity index (χ0n) is 34.1. The maximum absolute atomic E-state index is 6.64. The lowest BCUT2D eigenvalue weighted by molar-refractivity contribution is 0.590. The highest BCUT2D eigenvalue weighted by atomic mass is 32.1. The van der Waals surface area contributed by atoms with Gasteiger partial charge in [-0.25, -0.2) is 0 Å². The number of para-hydroxylation sites is 1. The summed E-state index contributed by atoms with van der Waals surface area (Å²) in [5.41, 5.74) is 20.1. The number of rotatable bonds is 1. The minimum atomic E-state index is -0.0977. The highest BCUT2D eigenvalue weighted by Crippen LogP contribution is 2.55. The Bertz CT molecular complexity index is 3740. The topological polar surface area (TPSA) is 21.3 Å². The largest absolute Gasteiger partial charge is 0.456 e. The lowest BCUT2D eigenvalue weighted by Crippen LogP contribution is -2.60. The molecule has 5 heteroatoms. The summed E-state index contributed by atoms with van der Waals surface area (Å²) in [7, 11) is 0. The van der Waals surface area contributed by atoms with Crippen molar-refractivity contribution >= 4 is 104 Å². The second-order valence-corrected chi connectivity index (χ2v) is 19.9. The van der Waals surface area contributed by atoms with Crippen molar-refractivity contribution in [3.8, 4) is 27.9 Å². The molecule has 3 nitrogen and oxygen atoms in total. The summed E-state index contributed by atoms with van der Waals surface area (Å²) in [4.78, 5) is 2.66. The lowest BCUT2D eigenvalue weighted by atomic mass is 9.44. The minimum absolute atomic E-state index is 0.0381. The van der Waals surface area contributed by atoms with Gasteiger partial charge in [-0.3, -0.25) is 0 Å². The smallest absolute Gasteiger partial charge is 0.333 e. The number of nitrogens with zero attached hydrogens (tertiary/aromatic N) is 2. The average Bonchev–Trinajstić information content (AvgIpc) is 3.98. The van der Waals surface area contributed by atoms with Crippen LogP contribution in [0.25, 0.3) is 91.9 Å². The molecule has 60 heavy (non-hydrogen) atoms. The van der Waals surface area contributed by atoms with Gasteiger partial charge >= 0.3 is 6.85 Å². The van der Waals surface area contributed by atoms with Crippen molar-refractivity contribution in [3.63, 3.8) is 0 Å². The molecule has 0 saturated heterocycles. The van der Waals surface area contributed by atoms with Crippen LogP contribution in [0.4, 0.5) is 11.4 Å². The zero-order chi connectivity index (χ0) is 40.0. The number of thiophene rings is 1. The third-order valence-electron chi connectivity index (χ3n) is 14.3. The van der Waals surface area contributed by atoms with Crippen LogP contribution in [-0.2, 0) is 10.8 Å². The molecule has 0 amide bonds. The number of anilines is 2. The van der Waals surface area contributed by atoms with Gasteiger partial charge in [-0.2, -0.15) is 0 Å². The van der Waals surface area contributed by atoms with Crippen molar-refractivity contribution in [2.45, 2.75) is 45.4 Å². The second kappa shape index (κ2) is 11.0. The summed E-state index contributed by atoms with van der Waals surface area (Å²) >= 11 is 1.91. The van der Waals surface area contributed by atoms with Crippen LogP contribution < -0.4 is 15.7 Å². The van der Waals surface area contributed by atoms with Gasteiger partial charge in [0.05, 0.1) is 11.0 Å². The Hall–Kier alpha value is -6.56. The Labute approximate surface area is 352 Å². The summed E-state index contributed by atoms with van der Waals surface area (Å²) in [6.45, 7) is 11.6. The molecule has 0 spiro atoms. The molecule has 0 unspecified atom stereocenters. The molecule has 0 fully saturated rings. The predicted octanol–water partition coefficient (Wildman–Crippen LogP) is 13.9. The molecule has 11 aromatic rings. The van der Waals surface area contributed by atoms with Crippen molar-refractivity contribution in [2.75, 3.05) is 4.81 Å². The molecule has 0 N–H and O–H groups in total. The third kappa shape index (κ3) is 4.02. The summed E-state index contributed by atoms with van der Waals surface area (Å²) in [6, 6.07) is 55.4. The third-order valence-corrected chi connectivity index (χ3v) is 15.5. The first-order valence-electron chi connectivity index (χ1n) is 21.2. The molecule has 284 valence electrons. The van der Waals surface area contributed by atoms with Gasteiger partial charge in [0, 0.05) is 69.8 Å². The Kier molecular flexibility index (Phi) is 6.09. The van der Waals surface area contributed by atoms with Gasteiger partial charge < -0.3 is 13.8 Å². The van der Waals surface area contributed by atoms with Gasteiger partial charge in [0.1, 0.15) is 11.2 Å². The van der Waals surface area contributed by atoms with E-state index in [4.69, 9.17) is 4.42 Å². The van der Waals surface area contributed by atoms with Crippen molar-refractivity contribution in [1.82, 2.24) is 4.57 Å². The summed E-state index contributed by atoms with van der Waals surface area (Å²) in [5, 5.41) is 7.60. The van der Waals surface area contributed by atoms with Gasteiger partial charge in [-0.15, -0.1) is 11.3 Å². The molecule has 0 radical (unpaired) electrons. The highest BCUT2D eigenvalue weighted by Gasteiger charge is 2.46. The predicted molar refractivity (Wildman–Crippen MR) is 256 cm³/mol. The molecule has 14 rings (SSSR count). The molecule has 3 aromatic heterocycles. The van der Waals surface area contributed by atoms with Crippen LogP contribution in [0.15, 0.2) is 150 Å². The Morgan fingerprint density at radius 1 is 0.583 bits per heavy atom. The van der Waals surface area contributed by atoms with Gasteiger partial charge in [-0.1, -0.05) is 132 Å². The maximum Gasteiger partial charge on any atom is 0.333 e. The Balaban J connectivity index is 1.18. The number of aromatic nitrogens is 1. The van der Waals surface area contributed by atoms with Crippen LogP contribution in [-0.4, -0.2) is 11.4 Å². The van der Waals surface area contributed by atoms with Crippen molar-refractivity contribution in [2.24, 2.45) is 0 Å². The van der Waals surface area contributed by atoms with E-state index in [0.717, 1.165) is 21.9 Å². The van der Waals surface area contributed by atoms with Crippen LogP contribution in [0, 0.1) is 0 Å². The van der Waals surface area contributed by atoms with E-state index in [1.54, 1.807) is 0 Å². The van der Waals surface area contributed by atoms with Gasteiger partial charge in [-0.05, 0) is 98.3 Å². The van der Waals surface area contributed by atoms with E-state index in [1.807, 2.05) is 11.3 Å². The SMILES string of the molecule is CC(C)(C)c1ccc(N2B3c4cc5c(cc4-n4c6ccc7c(c6c6ccc(c3c64)-c3cc4oc6ccccc6c4cc32)-c2ccccc2C7(C)C)sc2ccccc25)cc1. The average molecular weight is 787 g/mol. The fourth-order valence-electron chi connectivity index (χ4n) is 11.5. The number of fused-ring (bicyclic) bond motifs is 18. The molecular formula is C55H39BN2OS. The molecule has 8 aromatic carbocycles. The number of furan rings is 1. The van der Waals surface area contributed by atoms with E-state index in [-0.39, 0.29) is 17.7 Å². The minimum Gasteiger partial charge on any atom is -0.456 e. The molecule has 3 aliphatic rings. The van der Waals surface area contributed by atoms with Crippen LogP contribution in [0.3, 0.4) is 0 Å². The first kappa shape index (κ1) is 33.3. The fraction of sp³-hybridized carbons (Fsp3) is 0.127. The van der Waals surface area contributed by atoms with E-state index in [2.05, 4.69) is 190 Å². The van der Waals surface area contributed by atoms with Crippen molar-refractivity contribution in [3.05, 3.63) is 162 Å². The summed E-state index contributed by atoms with van der Waals surface area (Å²) in [5.74, 6) is 0. The quantitative estimate of drug-likeness (QED) is 0.155. The van der Waals surface area contributed by atoms with Crippen LogP contribution in [0.1, 0.15) is 51.3 Å². The van der Waals surface area contributed by atoms with Crippen molar-refractivity contribution < 1.29 is 4.42 Å². The molecule has 0 saturated carbocycles. The first-order valence-corrected chi connectivity index (χ1v) is 22.0. The van der Waals surface area contributed by atoms with E-state index in [9.17, 15) is 0 Å². The van der Waals surface area contributed by atoms with Crippen LogP contribution in [0.2, 0.25) is 0 Å². The van der Waals surface area contributed by atoms with E-state index >= 15 is 0 Å². The lowest BCUT2D eigenvalue weighted by Gasteiger charge is -2.42. The molecule has 1 aliphatic carbocycles. The van der Waals surface area contributed by atoms with Gasteiger partial charge in [0.2, 0.25) is 0 Å². The van der Waals surface area contributed by atoms with Crippen LogP contribution >= 0.6 is 11.3 Å². The Morgan fingerprint density at radius 2 is 1.37 bits per heavy atom. The summed E-state index contributed by atoms with van der Waals surface area (Å²) < 4.78 is 11.9. The molecule has 0 atom stereocenters. The highest BCUT2D eigenvalue weighted by molar-refractivity contribution is 7.25. The monoisotopic (exact) mass is 786 g/mol. The van der Waals surface area contributed by atoms with Crippen LogP contribution in [0.5, 0.6) is 0 Å². The molecular weight excluding hydrogens is 747 g/mol. The second-order valence-electron chi connectivity index (χ2n) is 18.8. The van der Waals surface area contributed by atoms with E-state index < -0.39 is 0 Å². The number of hydrogen-bond donors (Lipinski definition) is 0. The number of benzene rings is 8. The zero-order valence-corrected chi connectivity index (χ0v) is 35.0. The molecule has 5 heterocycles. The van der Waals surface area contributed by atoms with Gasteiger partial charge in [0.25, 0.3) is 0 Å². The molecule has 0 bridgehead atoms. The number of hydrogen-bond acceptors (Lipinski definition) is 3. The van der Waals surface area contributed by atoms with Crippen molar-refractivity contribution in [1.29, 1.82) is 0 Å². The normalized spacial score (nSPS) is 14.8. The Morgan fingerprint density at radius 3 is 2.22 bits per heavy atom.